The van der Waals surface area contributed by atoms with Crippen LogP contribution in [0, 0.1) is 24.0 Å². The van der Waals surface area contributed by atoms with Gasteiger partial charge in [-0.3, -0.25) is 24.4 Å². The Morgan fingerprint density at radius 1 is 1.37 bits per heavy atom. The van der Waals surface area contributed by atoms with Crippen molar-refractivity contribution in [1.82, 2.24) is 9.78 Å². The number of carbonyl (C=O) groups excluding carboxylic acids is 2. The summed E-state index contributed by atoms with van der Waals surface area (Å²) < 4.78 is 11.4. The second-order valence-corrected chi connectivity index (χ2v) is 5.79. The highest BCUT2D eigenvalue weighted by Gasteiger charge is 2.24. The van der Waals surface area contributed by atoms with Gasteiger partial charge in [-0.2, -0.15) is 5.10 Å². The van der Waals surface area contributed by atoms with Gasteiger partial charge in [0.1, 0.15) is 23.7 Å². The Bertz CT molecular complexity index is 876. The van der Waals surface area contributed by atoms with E-state index in [0.717, 1.165) is 0 Å². The van der Waals surface area contributed by atoms with Gasteiger partial charge in [-0.1, -0.05) is 6.07 Å². The van der Waals surface area contributed by atoms with Gasteiger partial charge in [0.15, 0.2) is 6.10 Å². The number of nitro groups is 1. The van der Waals surface area contributed by atoms with Crippen LogP contribution in [0.4, 0.5) is 11.4 Å². The molecule has 1 N–H and O–H groups in total. The molecule has 0 saturated carbocycles. The molecule has 0 spiro atoms. The van der Waals surface area contributed by atoms with E-state index in [2.05, 4.69) is 10.4 Å². The maximum atomic E-state index is 12.2. The van der Waals surface area contributed by atoms with E-state index in [0.29, 0.717) is 11.4 Å². The third-order valence-electron chi connectivity index (χ3n) is 3.82. The summed E-state index contributed by atoms with van der Waals surface area (Å²) >= 11 is 0. The number of aromatic nitrogens is 2. The predicted octanol–water partition coefficient (Wildman–Crippen LogP) is 1.99. The van der Waals surface area contributed by atoms with Crippen molar-refractivity contribution in [3.05, 3.63) is 45.8 Å². The lowest BCUT2D eigenvalue weighted by atomic mass is 10.3. The summed E-state index contributed by atoms with van der Waals surface area (Å²) in [5.41, 5.74) is 0.792. The van der Waals surface area contributed by atoms with Gasteiger partial charge in [0.25, 0.3) is 5.91 Å². The molecule has 1 heterocycles. The molecule has 1 aromatic carbocycles. The summed E-state index contributed by atoms with van der Waals surface area (Å²) in [6.45, 7) is 4.07. The molecule has 0 bridgehead atoms. The number of hydrogen-bond acceptors (Lipinski definition) is 7. The lowest BCUT2D eigenvalue weighted by molar-refractivity contribution is -0.386. The lowest BCUT2D eigenvalue weighted by Crippen LogP contribution is -2.31. The van der Waals surface area contributed by atoms with E-state index < -0.39 is 22.9 Å². The van der Waals surface area contributed by atoms with Crippen molar-refractivity contribution in [2.75, 3.05) is 12.4 Å². The van der Waals surface area contributed by atoms with E-state index in [1.165, 1.54) is 32.6 Å². The van der Waals surface area contributed by atoms with E-state index in [1.807, 2.05) is 0 Å². The highest BCUT2D eigenvalue weighted by Crippen LogP contribution is 2.22. The average molecular weight is 376 g/mol. The highest BCUT2D eigenvalue weighted by molar-refractivity contribution is 5.95. The predicted molar refractivity (Wildman–Crippen MR) is 95.5 cm³/mol. The van der Waals surface area contributed by atoms with Crippen LogP contribution >= 0.6 is 0 Å². The molecule has 2 rings (SSSR count). The Kier molecular flexibility index (Phi) is 6.11. The molecular formula is C17H20N4O6. The van der Waals surface area contributed by atoms with E-state index in [9.17, 15) is 19.7 Å². The minimum Gasteiger partial charge on any atom is -0.497 e. The van der Waals surface area contributed by atoms with E-state index in [4.69, 9.17) is 9.47 Å². The van der Waals surface area contributed by atoms with Gasteiger partial charge < -0.3 is 14.8 Å². The van der Waals surface area contributed by atoms with Crippen molar-refractivity contribution in [2.24, 2.45) is 0 Å². The standard InChI is InChI=1S/C17H20N4O6/c1-10-16(21(24)25)11(2)20(19-10)9-15(22)27-12(3)17(23)18-13-6-5-7-14(8-13)26-4/h5-8,12H,9H2,1-4H3,(H,18,23)/t12-/m1/s1. The van der Waals surface area contributed by atoms with Crippen molar-refractivity contribution >= 4 is 23.3 Å². The van der Waals surface area contributed by atoms with E-state index in [-0.39, 0.29) is 23.6 Å². The summed E-state index contributed by atoms with van der Waals surface area (Å²) in [5.74, 6) is -0.677. The largest absolute Gasteiger partial charge is 0.497 e. The van der Waals surface area contributed by atoms with Gasteiger partial charge in [0, 0.05) is 11.8 Å². The molecule has 27 heavy (non-hydrogen) atoms. The number of benzene rings is 1. The lowest BCUT2D eigenvalue weighted by Gasteiger charge is -2.14. The highest BCUT2D eigenvalue weighted by atomic mass is 16.6. The molecule has 0 aliphatic rings. The molecule has 0 unspecified atom stereocenters. The molecule has 1 amide bonds. The zero-order valence-electron chi connectivity index (χ0n) is 15.4. The number of anilines is 1. The first kappa shape index (κ1) is 19.9. The molecule has 1 atom stereocenters. The van der Waals surface area contributed by atoms with Gasteiger partial charge in [-0.05, 0) is 32.9 Å². The fourth-order valence-corrected chi connectivity index (χ4v) is 2.46. The van der Waals surface area contributed by atoms with Crippen LogP contribution in [0.2, 0.25) is 0 Å². The van der Waals surface area contributed by atoms with Crippen LogP contribution in [-0.2, 0) is 20.9 Å². The van der Waals surface area contributed by atoms with Crippen LogP contribution in [-0.4, -0.2) is 39.8 Å². The van der Waals surface area contributed by atoms with Crippen molar-refractivity contribution in [2.45, 2.75) is 33.4 Å². The Balaban J connectivity index is 1.98. The molecule has 0 radical (unpaired) electrons. The smallest absolute Gasteiger partial charge is 0.328 e. The van der Waals surface area contributed by atoms with Crippen LogP contribution in [0.5, 0.6) is 5.75 Å². The van der Waals surface area contributed by atoms with E-state index in [1.54, 1.807) is 24.3 Å². The topological polar surface area (TPSA) is 126 Å². The summed E-state index contributed by atoms with van der Waals surface area (Å²) in [6, 6.07) is 6.74. The SMILES string of the molecule is COc1cccc(NC(=O)[C@@H](C)OC(=O)Cn2nc(C)c([N+](=O)[O-])c2C)c1. The van der Waals surface area contributed by atoms with Crippen LogP contribution in [0.3, 0.4) is 0 Å². The number of hydrogen-bond donors (Lipinski definition) is 1. The van der Waals surface area contributed by atoms with Gasteiger partial charge in [0.2, 0.25) is 0 Å². The molecule has 10 nitrogen and oxygen atoms in total. The molecule has 0 fully saturated rings. The zero-order valence-corrected chi connectivity index (χ0v) is 15.4. The fourth-order valence-electron chi connectivity index (χ4n) is 2.46. The Labute approximate surface area is 155 Å². The number of esters is 1. The first-order chi connectivity index (χ1) is 12.7. The third-order valence-corrected chi connectivity index (χ3v) is 3.82. The summed E-state index contributed by atoms with van der Waals surface area (Å²) in [5, 5.41) is 17.6. The Morgan fingerprint density at radius 3 is 2.67 bits per heavy atom. The molecule has 144 valence electrons. The zero-order chi connectivity index (χ0) is 20.1. The maximum absolute atomic E-state index is 12.2. The van der Waals surface area contributed by atoms with Crippen LogP contribution in [0.1, 0.15) is 18.3 Å². The van der Waals surface area contributed by atoms with Crippen molar-refractivity contribution < 1.29 is 24.0 Å². The second kappa shape index (κ2) is 8.30. The number of rotatable bonds is 7. The summed E-state index contributed by atoms with van der Waals surface area (Å²) in [6.07, 6.45) is -1.06. The number of nitrogens with one attached hydrogen (secondary N) is 1. The van der Waals surface area contributed by atoms with Crippen molar-refractivity contribution in [1.29, 1.82) is 0 Å². The first-order valence-electron chi connectivity index (χ1n) is 8.05. The fraction of sp³-hybridized carbons (Fsp3) is 0.353. The molecule has 0 aliphatic heterocycles. The van der Waals surface area contributed by atoms with Gasteiger partial charge >= 0.3 is 11.7 Å². The molecule has 1 aromatic heterocycles. The van der Waals surface area contributed by atoms with Crippen molar-refractivity contribution in [3.8, 4) is 5.75 Å². The molecule has 0 saturated heterocycles. The quantitative estimate of drug-likeness (QED) is 0.445. The van der Waals surface area contributed by atoms with E-state index >= 15 is 0 Å². The number of nitrogens with zero attached hydrogens (tertiary/aromatic N) is 3. The molecular weight excluding hydrogens is 356 g/mol. The average Bonchev–Trinajstić information content (AvgIpc) is 2.88. The van der Waals surface area contributed by atoms with Crippen LogP contribution in [0.25, 0.3) is 0 Å². The Morgan fingerprint density at radius 2 is 2.07 bits per heavy atom. The third kappa shape index (κ3) is 4.81. The monoisotopic (exact) mass is 376 g/mol. The number of aryl methyl sites for hydroxylation is 1. The van der Waals surface area contributed by atoms with Gasteiger partial charge in [0.05, 0.1) is 12.0 Å². The maximum Gasteiger partial charge on any atom is 0.328 e. The summed E-state index contributed by atoms with van der Waals surface area (Å²) in [7, 11) is 1.51. The second-order valence-electron chi connectivity index (χ2n) is 5.79. The minimum atomic E-state index is -1.06. The van der Waals surface area contributed by atoms with Crippen molar-refractivity contribution in [3.63, 3.8) is 0 Å². The number of methoxy groups -OCH3 is 1. The number of ether oxygens (including phenoxy) is 2. The van der Waals surface area contributed by atoms with Crippen LogP contribution < -0.4 is 10.1 Å². The Hall–Kier alpha value is -3.43. The number of carbonyl (C=O) groups is 2. The molecule has 2 aromatic rings. The van der Waals surface area contributed by atoms with Gasteiger partial charge in [-0.25, -0.2) is 0 Å². The minimum absolute atomic E-state index is 0.147. The number of amides is 1. The molecule has 10 heteroatoms. The normalized spacial score (nSPS) is 11.6. The van der Waals surface area contributed by atoms with Gasteiger partial charge in [-0.15, -0.1) is 0 Å². The molecule has 0 aliphatic carbocycles. The first-order valence-corrected chi connectivity index (χ1v) is 8.05. The van der Waals surface area contributed by atoms with Crippen LogP contribution in [0.15, 0.2) is 24.3 Å². The summed E-state index contributed by atoms with van der Waals surface area (Å²) in [4.78, 5) is 34.7.